The number of hydrogen-bond acceptors (Lipinski definition) is 3. The number of ether oxygens (including phenoxy) is 1. The summed E-state index contributed by atoms with van der Waals surface area (Å²) in [4.78, 5) is 23.2. The Kier molecular flexibility index (Phi) is 5.52. The fourth-order valence-electron chi connectivity index (χ4n) is 2.23. The quantitative estimate of drug-likeness (QED) is 0.854. The van der Waals surface area contributed by atoms with Gasteiger partial charge in [0.25, 0.3) is 0 Å². The standard InChI is InChI=1S/C18H19FN2O3/c1-11(9-12-3-6-14(24-2)7-4-12)18(23)21-16-8-5-13(17(20)22)10-15(16)19/h3-8,10-11H,9H2,1-2H3,(H2,20,22)(H,21,23). The number of methoxy groups -OCH3 is 1. The third kappa shape index (κ3) is 4.32. The first-order chi connectivity index (χ1) is 11.4. The first kappa shape index (κ1) is 17.5. The highest BCUT2D eigenvalue weighted by molar-refractivity contribution is 5.95. The van der Waals surface area contributed by atoms with Crippen molar-refractivity contribution >= 4 is 17.5 Å². The second-order valence-electron chi connectivity index (χ2n) is 5.50. The van der Waals surface area contributed by atoms with E-state index in [0.29, 0.717) is 6.42 Å². The number of nitrogens with two attached hydrogens (primary N) is 1. The Hall–Kier alpha value is -2.89. The van der Waals surface area contributed by atoms with Gasteiger partial charge in [-0.15, -0.1) is 0 Å². The van der Waals surface area contributed by atoms with Crippen molar-refractivity contribution in [2.24, 2.45) is 11.7 Å². The highest BCUT2D eigenvalue weighted by atomic mass is 19.1. The van der Waals surface area contributed by atoms with Gasteiger partial charge in [-0.25, -0.2) is 4.39 Å². The summed E-state index contributed by atoms with van der Waals surface area (Å²) in [5.41, 5.74) is 6.13. The van der Waals surface area contributed by atoms with E-state index in [1.165, 1.54) is 12.1 Å². The third-order valence-electron chi connectivity index (χ3n) is 3.66. The molecule has 6 heteroatoms. The fourth-order valence-corrected chi connectivity index (χ4v) is 2.23. The number of primary amides is 1. The Bertz CT molecular complexity index is 744. The van der Waals surface area contributed by atoms with E-state index < -0.39 is 11.7 Å². The van der Waals surface area contributed by atoms with Gasteiger partial charge in [-0.1, -0.05) is 19.1 Å². The molecule has 126 valence electrons. The molecule has 0 aliphatic rings. The molecule has 0 heterocycles. The minimum absolute atomic E-state index is 0.0200. The highest BCUT2D eigenvalue weighted by Crippen LogP contribution is 2.19. The van der Waals surface area contributed by atoms with Crippen molar-refractivity contribution in [2.45, 2.75) is 13.3 Å². The molecular formula is C18H19FN2O3. The van der Waals surface area contributed by atoms with Crippen LogP contribution in [0.3, 0.4) is 0 Å². The molecular weight excluding hydrogens is 311 g/mol. The molecule has 0 aromatic heterocycles. The van der Waals surface area contributed by atoms with Gasteiger partial charge >= 0.3 is 0 Å². The minimum atomic E-state index is -0.723. The van der Waals surface area contributed by atoms with Gasteiger partial charge in [0.05, 0.1) is 12.8 Å². The normalized spacial score (nSPS) is 11.6. The smallest absolute Gasteiger partial charge is 0.248 e. The van der Waals surface area contributed by atoms with Gasteiger partial charge in [0.2, 0.25) is 11.8 Å². The van der Waals surface area contributed by atoms with Gasteiger partial charge in [-0.2, -0.15) is 0 Å². The summed E-state index contributed by atoms with van der Waals surface area (Å²) >= 11 is 0. The van der Waals surface area contributed by atoms with Crippen molar-refractivity contribution < 1.29 is 18.7 Å². The topological polar surface area (TPSA) is 81.4 Å². The number of rotatable bonds is 6. The Morgan fingerprint density at radius 3 is 2.42 bits per heavy atom. The predicted molar refractivity (Wildman–Crippen MR) is 89.4 cm³/mol. The van der Waals surface area contributed by atoms with Crippen molar-refractivity contribution in [2.75, 3.05) is 12.4 Å². The zero-order valence-electron chi connectivity index (χ0n) is 13.5. The van der Waals surface area contributed by atoms with Crippen molar-refractivity contribution in [3.63, 3.8) is 0 Å². The summed E-state index contributed by atoms with van der Waals surface area (Å²) in [5, 5.41) is 2.53. The lowest BCUT2D eigenvalue weighted by Gasteiger charge is -2.13. The van der Waals surface area contributed by atoms with Crippen LogP contribution in [0.25, 0.3) is 0 Å². The number of carbonyl (C=O) groups excluding carboxylic acids is 2. The summed E-state index contributed by atoms with van der Waals surface area (Å²) in [5.74, 6) is -1.34. The third-order valence-corrected chi connectivity index (χ3v) is 3.66. The molecule has 0 fully saturated rings. The molecule has 0 saturated carbocycles. The van der Waals surface area contributed by atoms with Crippen LogP contribution in [0.1, 0.15) is 22.8 Å². The first-order valence-electron chi connectivity index (χ1n) is 7.44. The van der Waals surface area contributed by atoms with Crippen molar-refractivity contribution in [1.29, 1.82) is 0 Å². The average molecular weight is 330 g/mol. The number of anilines is 1. The van der Waals surface area contributed by atoms with Gasteiger partial charge < -0.3 is 15.8 Å². The van der Waals surface area contributed by atoms with Crippen LogP contribution in [-0.4, -0.2) is 18.9 Å². The molecule has 0 aliphatic heterocycles. The largest absolute Gasteiger partial charge is 0.497 e. The molecule has 0 aliphatic carbocycles. The molecule has 0 bridgehead atoms. The first-order valence-corrected chi connectivity index (χ1v) is 7.44. The SMILES string of the molecule is COc1ccc(CC(C)C(=O)Nc2ccc(C(N)=O)cc2F)cc1. The molecule has 0 spiro atoms. The molecule has 24 heavy (non-hydrogen) atoms. The van der Waals surface area contributed by atoms with E-state index in [0.717, 1.165) is 17.4 Å². The number of nitrogens with one attached hydrogen (secondary N) is 1. The van der Waals surface area contributed by atoms with E-state index in [1.807, 2.05) is 24.3 Å². The Labute approximate surface area is 139 Å². The Balaban J connectivity index is 2.01. The molecule has 5 nitrogen and oxygen atoms in total. The van der Waals surface area contributed by atoms with Crippen molar-refractivity contribution in [1.82, 2.24) is 0 Å². The van der Waals surface area contributed by atoms with E-state index in [4.69, 9.17) is 10.5 Å². The van der Waals surface area contributed by atoms with Gasteiger partial charge in [-0.05, 0) is 42.3 Å². The monoisotopic (exact) mass is 330 g/mol. The van der Waals surface area contributed by atoms with E-state index in [1.54, 1.807) is 14.0 Å². The average Bonchev–Trinajstić information content (AvgIpc) is 2.57. The van der Waals surface area contributed by atoms with Crippen LogP contribution in [0.5, 0.6) is 5.75 Å². The summed E-state index contributed by atoms with van der Waals surface area (Å²) < 4.78 is 19.0. The molecule has 2 aromatic rings. The fraction of sp³-hybridized carbons (Fsp3) is 0.222. The van der Waals surface area contributed by atoms with Gasteiger partial charge in [0.15, 0.2) is 0 Å². The number of halogens is 1. The zero-order valence-corrected chi connectivity index (χ0v) is 13.5. The summed E-state index contributed by atoms with van der Waals surface area (Å²) in [6.07, 6.45) is 0.511. The molecule has 3 N–H and O–H groups in total. The maximum absolute atomic E-state index is 13.9. The van der Waals surface area contributed by atoms with E-state index in [9.17, 15) is 14.0 Å². The van der Waals surface area contributed by atoms with Crippen LogP contribution >= 0.6 is 0 Å². The zero-order chi connectivity index (χ0) is 17.7. The maximum atomic E-state index is 13.9. The van der Waals surface area contributed by atoms with Gasteiger partial charge in [0, 0.05) is 11.5 Å². The second-order valence-corrected chi connectivity index (χ2v) is 5.50. The van der Waals surface area contributed by atoms with Crippen LogP contribution in [0.15, 0.2) is 42.5 Å². The molecule has 2 rings (SSSR count). The molecule has 1 unspecified atom stereocenters. The summed E-state index contributed by atoms with van der Waals surface area (Å²) in [6, 6.07) is 11.1. The van der Waals surface area contributed by atoms with Gasteiger partial charge in [0.1, 0.15) is 11.6 Å². The predicted octanol–water partition coefficient (Wildman–Crippen LogP) is 2.75. The van der Waals surface area contributed by atoms with E-state index in [-0.39, 0.29) is 23.1 Å². The lowest BCUT2D eigenvalue weighted by atomic mass is 10.00. The van der Waals surface area contributed by atoms with Crippen LogP contribution in [0.4, 0.5) is 10.1 Å². The minimum Gasteiger partial charge on any atom is -0.497 e. The maximum Gasteiger partial charge on any atom is 0.248 e. The Morgan fingerprint density at radius 1 is 1.21 bits per heavy atom. The lowest BCUT2D eigenvalue weighted by Crippen LogP contribution is -2.23. The molecule has 1 atom stereocenters. The van der Waals surface area contributed by atoms with Crippen LogP contribution in [0, 0.1) is 11.7 Å². The molecule has 0 radical (unpaired) electrons. The van der Waals surface area contributed by atoms with E-state index in [2.05, 4.69) is 5.32 Å². The second kappa shape index (κ2) is 7.59. The summed E-state index contributed by atoms with van der Waals surface area (Å²) in [7, 11) is 1.59. The van der Waals surface area contributed by atoms with E-state index >= 15 is 0 Å². The van der Waals surface area contributed by atoms with Crippen molar-refractivity contribution in [3.8, 4) is 5.75 Å². The molecule has 0 saturated heterocycles. The number of carbonyl (C=O) groups is 2. The van der Waals surface area contributed by atoms with Gasteiger partial charge in [-0.3, -0.25) is 9.59 Å². The Morgan fingerprint density at radius 2 is 1.88 bits per heavy atom. The van der Waals surface area contributed by atoms with Crippen LogP contribution in [0.2, 0.25) is 0 Å². The van der Waals surface area contributed by atoms with Crippen molar-refractivity contribution in [3.05, 3.63) is 59.4 Å². The molecule has 2 amide bonds. The van der Waals surface area contributed by atoms with Crippen LogP contribution < -0.4 is 15.8 Å². The summed E-state index contributed by atoms with van der Waals surface area (Å²) in [6.45, 7) is 1.76. The lowest BCUT2D eigenvalue weighted by molar-refractivity contribution is -0.119. The van der Waals surface area contributed by atoms with Crippen LogP contribution in [-0.2, 0) is 11.2 Å². The highest BCUT2D eigenvalue weighted by Gasteiger charge is 2.16. The number of hydrogen-bond donors (Lipinski definition) is 2. The number of amides is 2. The number of benzene rings is 2. The molecule has 2 aromatic carbocycles.